The van der Waals surface area contributed by atoms with Crippen LogP contribution in [0, 0.1) is 29.6 Å². The largest absolute Gasteiger partial charge is 0.481 e. The van der Waals surface area contributed by atoms with Crippen molar-refractivity contribution in [2.75, 3.05) is 0 Å². The number of hydrogen-bond donors (Lipinski definition) is 6. The molecule has 12 heteroatoms. The Kier molecular flexibility index (Phi) is 99.2. The second kappa shape index (κ2) is 99.7. The highest BCUT2D eigenvalue weighted by Crippen LogP contribution is 2.43. The van der Waals surface area contributed by atoms with Crippen molar-refractivity contribution in [3.05, 3.63) is 72.4 Å². The minimum atomic E-state index is -0.671. The van der Waals surface area contributed by atoms with Crippen LogP contribution in [0.15, 0.2) is 72.4 Å². The summed E-state index contributed by atoms with van der Waals surface area (Å²) in [7, 11) is 0. The fraction of sp³-hybridized carbons (Fsp3) is 0.833. The van der Waals surface area contributed by atoms with Crippen LogP contribution in [0.5, 0.6) is 0 Å². The third-order valence-corrected chi connectivity index (χ3v) is 24.4. The van der Waals surface area contributed by atoms with Crippen LogP contribution >= 0.6 is 0 Å². The average Bonchev–Trinajstić information content (AvgIpc) is 0.816. The average molecular weight is 1690 g/mol. The number of carboxylic acids is 6. The van der Waals surface area contributed by atoms with Crippen LogP contribution in [-0.4, -0.2) is 66.5 Å². The third kappa shape index (κ3) is 95.5. The quantitative estimate of drug-likeness (QED) is 0.0247. The normalized spacial score (nSPS) is 15.0. The number of allylic oxidation sites excluding steroid dienone is 12. The van der Waals surface area contributed by atoms with Gasteiger partial charge in [-0.05, 0) is 197 Å². The molecule has 12 nitrogen and oxygen atoms in total. The molecule has 0 aliphatic heterocycles. The molecule has 0 bridgehead atoms. The predicted octanol–water partition coefficient (Wildman–Crippen LogP) is 35.2. The number of carbonyl (C=O) groups is 6. The van der Waals surface area contributed by atoms with Crippen molar-refractivity contribution in [1.82, 2.24) is 0 Å². The van der Waals surface area contributed by atoms with E-state index in [0.29, 0.717) is 56.3 Å². The lowest BCUT2D eigenvalue weighted by molar-refractivity contribution is -0.138. The summed E-state index contributed by atoms with van der Waals surface area (Å²) in [5.41, 5.74) is 1.75. The Balaban J connectivity index is -0.00000160. The summed E-state index contributed by atoms with van der Waals surface area (Å²) in [6.07, 6.45) is 118. The van der Waals surface area contributed by atoms with Crippen molar-refractivity contribution in [3.63, 3.8) is 0 Å². The van der Waals surface area contributed by atoms with Crippen LogP contribution < -0.4 is 0 Å². The summed E-state index contributed by atoms with van der Waals surface area (Å²) < 4.78 is 0. The highest BCUT2D eigenvalue weighted by atomic mass is 16.4. The molecule has 1 aliphatic carbocycles. The molecule has 0 radical (unpaired) electrons. The number of carboxylic acid groups (broad SMARTS) is 6. The van der Waals surface area contributed by atoms with E-state index in [4.69, 9.17) is 30.6 Å². The Bertz CT molecular complexity index is 2400. The molecule has 0 aromatic carbocycles. The first-order valence-electron chi connectivity index (χ1n) is 51.8. The molecule has 0 saturated heterocycles. The van der Waals surface area contributed by atoms with E-state index in [1.54, 1.807) is 5.57 Å². The van der Waals surface area contributed by atoms with Crippen LogP contribution in [0.2, 0.25) is 0 Å². The first-order chi connectivity index (χ1) is 58.5. The highest BCUT2D eigenvalue weighted by Gasteiger charge is 2.34. The van der Waals surface area contributed by atoms with Crippen molar-refractivity contribution >= 4 is 35.8 Å². The monoisotopic (exact) mass is 1690 g/mol. The Morgan fingerprint density at radius 2 is 0.475 bits per heavy atom. The van der Waals surface area contributed by atoms with Gasteiger partial charge in [-0.25, -0.2) is 0 Å². The van der Waals surface area contributed by atoms with Crippen molar-refractivity contribution < 1.29 is 59.4 Å². The van der Waals surface area contributed by atoms with E-state index in [0.717, 1.165) is 121 Å². The first kappa shape index (κ1) is 119. The minimum Gasteiger partial charge on any atom is -0.481 e. The molecule has 702 valence electrons. The van der Waals surface area contributed by atoms with Gasteiger partial charge >= 0.3 is 35.8 Å². The van der Waals surface area contributed by atoms with Gasteiger partial charge in [0.25, 0.3) is 0 Å². The van der Waals surface area contributed by atoms with Crippen LogP contribution in [-0.2, 0) is 28.8 Å². The molecular weight excluding hydrogens is 1490 g/mol. The molecule has 5 atom stereocenters. The van der Waals surface area contributed by atoms with Gasteiger partial charge in [0.15, 0.2) is 0 Å². The van der Waals surface area contributed by atoms with Gasteiger partial charge < -0.3 is 30.6 Å². The van der Waals surface area contributed by atoms with Crippen molar-refractivity contribution in [1.29, 1.82) is 0 Å². The summed E-state index contributed by atoms with van der Waals surface area (Å²) in [5.74, 6) is -0.508. The molecule has 0 heterocycles. The number of aliphatic carboxylic acids is 6. The molecule has 0 amide bonds. The van der Waals surface area contributed by atoms with E-state index in [1.807, 2.05) is 0 Å². The molecule has 1 rings (SSSR count). The van der Waals surface area contributed by atoms with E-state index >= 15 is 0 Å². The standard InChI is InChI=1S/C36H64O4.C36H68O4.C18H34O2.C18H32O2/c1-3-5-7-12-19-25-33-31(23-17-6-4-2)29-30-32(24-18-13-8-10-15-21-27-35(37)38)34(33)26-20-14-9-11-16-22-28-36(39)40;1-3-5-7-9-15-21-27-33(29-23-17-11-13-19-25-31-35(37)38)34(28-22-16-10-8-6-4-2)30-24-18-12-14-20-26-32-36(39)40;2*1-2-3-4-5-6-7-8-9-10-11-12-13-14-15-16-17-18(19)20/h19,25,29-34H,3-18,20-24,26-28H2,1-2H3,(H,37,38)(H,39,40);27,34H,3-26,28-32H2,1-2H3,(H,37,38)(H,39,40);9-10H,2-8,11-17H2,1H3,(H,19,20);6-7,9-10H,2-5,8,11-17H2,1H3,(H,19,20)/b25-19+;33-27-;10-9-;7-6-,10-9-. The van der Waals surface area contributed by atoms with Crippen LogP contribution in [0.25, 0.3) is 0 Å². The topological polar surface area (TPSA) is 224 Å². The van der Waals surface area contributed by atoms with Gasteiger partial charge in [-0.2, -0.15) is 0 Å². The number of rotatable bonds is 88. The Hall–Kier alpha value is -4.74. The third-order valence-electron chi connectivity index (χ3n) is 24.4. The van der Waals surface area contributed by atoms with Crippen LogP contribution in [0.3, 0.4) is 0 Å². The Morgan fingerprint density at radius 1 is 0.242 bits per heavy atom. The minimum absolute atomic E-state index is 0.309. The molecule has 0 aromatic heterocycles. The number of unbranched alkanes of at least 4 members (excludes halogenated alkanes) is 54. The Labute approximate surface area is 741 Å². The van der Waals surface area contributed by atoms with Crippen molar-refractivity contribution in [3.8, 4) is 0 Å². The van der Waals surface area contributed by atoms with E-state index in [1.165, 1.54) is 360 Å². The first-order valence-corrected chi connectivity index (χ1v) is 51.8. The lowest BCUT2D eigenvalue weighted by Crippen LogP contribution is -2.30. The van der Waals surface area contributed by atoms with Gasteiger partial charge in [0.2, 0.25) is 0 Å². The van der Waals surface area contributed by atoms with Gasteiger partial charge in [0, 0.05) is 38.5 Å². The van der Waals surface area contributed by atoms with Gasteiger partial charge in [-0.1, -0.05) is 416 Å². The van der Waals surface area contributed by atoms with E-state index in [-0.39, 0.29) is 0 Å². The second-order valence-corrected chi connectivity index (χ2v) is 35.9. The fourth-order valence-electron chi connectivity index (χ4n) is 16.9. The Morgan fingerprint density at radius 3 is 0.825 bits per heavy atom. The molecule has 5 unspecified atom stereocenters. The summed E-state index contributed by atoms with van der Waals surface area (Å²) in [5, 5.41) is 52.4. The van der Waals surface area contributed by atoms with Gasteiger partial charge in [-0.3, -0.25) is 28.8 Å². The molecule has 0 fully saturated rings. The zero-order chi connectivity index (χ0) is 88.6. The van der Waals surface area contributed by atoms with E-state index < -0.39 is 35.8 Å². The van der Waals surface area contributed by atoms with Gasteiger partial charge in [0.05, 0.1) is 0 Å². The smallest absolute Gasteiger partial charge is 0.303 e. The summed E-state index contributed by atoms with van der Waals surface area (Å²) >= 11 is 0. The number of hydrogen-bond acceptors (Lipinski definition) is 6. The molecule has 6 N–H and O–H groups in total. The van der Waals surface area contributed by atoms with E-state index in [2.05, 4.69) is 108 Å². The maximum absolute atomic E-state index is 10.8. The SMILES string of the molecule is CCCCC/C=C/C1C(CCCCC)C=CC(CCCCCCCCC(=O)O)C1CCCCCCCCC(=O)O.CCCCC/C=C\C/C=C\CCCCCCCC(=O)O.CCCCCCC/C=C(/CCCCCCCCC(=O)O)C(CCCCCCCC)CCCCCCCCC(=O)O.CCCCCCCC/C=C\CCCCCCCC(=O)O. The van der Waals surface area contributed by atoms with Crippen molar-refractivity contribution in [2.24, 2.45) is 29.6 Å². The summed E-state index contributed by atoms with van der Waals surface area (Å²) in [4.78, 5) is 63.6. The molecule has 0 spiro atoms. The summed E-state index contributed by atoms with van der Waals surface area (Å²) in [6.45, 7) is 13.6. The van der Waals surface area contributed by atoms with E-state index in [9.17, 15) is 28.8 Å². The van der Waals surface area contributed by atoms with Gasteiger partial charge in [0.1, 0.15) is 0 Å². The van der Waals surface area contributed by atoms with Crippen LogP contribution in [0.4, 0.5) is 0 Å². The molecule has 0 aromatic rings. The van der Waals surface area contributed by atoms with Gasteiger partial charge in [-0.15, -0.1) is 0 Å². The second-order valence-electron chi connectivity index (χ2n) is 35.9. The lowest BCUT2D eigenvalue weighted by atomic mass is 9.66. The molecule has 120 heavy (non-hydrogen) atoms. The predicted molar refractivity (Wildman–Crippen MR) is 516 cm³/mol. The zero-order valence-electron chi connectivity index (χ0n) is 79.7. The fourth-order valence-corrected chi connectivity index (χ4v) is 16.9. The molecule has 1 aliphatic rings. The zero-order valence-corrected chi connectivity index (χ0v) is 79.7. The maximum atomic E-state index is 10.8. The lowest BCUT2D eigenvalue weighted by Gasteiger charge is -2.39. The summed E-state index contributed by atoms with van der Waals surface area (Å²) in [6, 6.07) is 0. The molecule has 0 saturated carbocycles. The highest BCUT2D eigenvalue weighted by molar-refractivity contribution is 5.68. The maximum Gasteiger partial charge on any atom is 0.303 e. The van der Waals surface area contributed by atoms with Crippen LogP contribution in [0.1, 0.15) is 549 Å². The molecular formula is C108H198O12. The van der Waals surface area contributed by atoms with Crippen molar-refractivity contribution in [2.45, 2.75) is 549 Å².